The third-order valence-electron chi connectivity index (χ3n) is 3.53. The summed E-state index contributed by atoms with van der Waals surface area (Å²) in [6.45, 7) is 0.367. The van der Waals surface area contributed by atoms with E-state index in [9.17, 15) is 0 Å². The summed E-state index contributed by atoms with van der Waals surface area (Å²) in [7, 11) is 0. The van der Waals surface area contributed by atoms with E-state index in [-0.39, 0.29) is 0 Å². The lowest BCUT2D eigenvalue weighted by molar-refractivity contribution is 0.279. The van der Waals surface area contributed by atoms with Gasteiger partial charge in [0.2, 0.25) is 0 Å². The maximum atomic E-state index is 8.76. The smallest absolute Gasteiger partial charge is 0.0431 e. The number of aliphatic hydroxyl groups excluding tert-OH is 1. The topological polar surface area (TPSA) is 20.2 Å². The molecule has 0 spiro atoms. The van der Waals surface area contributed by atoms with Gasteiger partial charge in [0, 0.05) is 19.4 Å². The predicted octanol–water partition coefficient (Wildman–Crippen LogP) is 2.20. The first-order valence-electron chi connectivity index (χ1n) is 5.50. The molecule has 0 bridgehead atoms. The fraction of sp³-hybridized carbons (Fsp3) is 0.833. The molecule has 2 aliphatic rings. The number of aliphatic hydroxyl groups is 1. The quantitative estimate of drug-likeness (QED) is 0.657. The molecule has 3 atom stereocenters. The van der Waals surface area contributed by atoms with Crippen LogP contribution in [0.3, 0.4) is 0 Å². The van der Waals surface area contributed by atoms with Crippen LogP contribution in [-0.4, -0.2) is 11.7 Å². The van der Waals surface area contributed by atoms with Crippen LogP contribution in [0.4, 0.5) is 0 Å². The van der Waals surface area contributed by atoms with Crippen molar-refractivity contribution in [2.45, 2.75) is 38.5 Å². The standard InChI is InChI=1S/C12H18O/c13-9-5-8-12-10-6-3-1-2-4-7-11(10)12/h10-13H,3-9H2/t10-,11+,12?. The van der Waals surface area contributed by atoms with E-state index in [2.05, 4.69) is 11.8 Å². The molecule has 0 saturated heterocycles. The van der Waals surface area contributed by atoms with E-state index in [1.807, 2.05) is 0 Å². The lowest BCUT2D eigenvalue weighted by atomic mass is 10.1. The minimum atomic E-state index is 0.367. The molecule has 0 aromatic carbocycles. The summed E-state index contributed by atoms with van der Waals surface area (Å²) in [5, 5.41) is 8.76. The summed E-state index contributed by atoms with van der Waals surface area (Å²) < 4.78 is 0. The van der Waals surface area contributed by atoms with Crippen LogP contribution >= 0.6 is 0 Å². The lowest BCUT2D eigenvalue weighted by Crippen LogP contribution is -1.87. The van der Waals surface area contributed by atoms with E-state index in [1.165, 1.54) is 19.3 Å². The van der Waals surface area contributed by atoms with Crippen molar-refractivity contribution < 1.29 is 5.11 Å². The molecular formula is C12H18O. The van der Waals surface area contributed by atoms with E-state index in [0.717, 1.165) is 37.0 Å². The van der Waals surface area contributed by atoms with Gasteiger partial charge in [0.25, 0.3) is 0 Å². The minimum Gasteiger partial charge on any atom is -0.396 e. The van der Waals surface area contributed by atoms with E-state index in [1.54, 1.807) is 0 Å². The zero-order chi connectivity index (χ0) is 9.10. The van der Waals surface area contributed by atoms with Crippen LogP contribution in [0, 0.1) is 29.6 Å². The van der Waals surface area contributed by atoms with E-state index < -0.39 is 0 Å². The first kappa shape index (κ1) is 9.09. The number of hydrogen-bond acceptors (Lipinski definition) is 1. The molecule has 1 fully saturated rings. The molecule has 1 unspecified atom stereocenters. The second kappa shape index (κ2) is 4.15. The summed E-state index contributed by atoms with van der Waals surface area (Å²) in [4.78, 5) is 0. The van der Waals surface area contributed by atoms with Gasteiger partial charge in [-0.3, -0.25) is 0 Å². The third kappa shape index (κ3) is 2.06. The normalized spacial score (nSPS) is 36.5. The molecular weight excluding hydrogens is 160 g/mol. The van der Waals surface area contributed by atoms with Gasteiger partial charge >= 0.3 is 0 Å². The van der Waals surface area contributed by atoms with Gasteiger partial charge in [-0.25, -0.2) is 0 Å². The second-order valence-corrected chi connectivity index (χ2v) is 4.29. The van der Waals surface area contributed by atoms with Crippen LogP contribution in [0.2, 0.25) is 0 Å². The molecule has 1 saturated carbocycles. The molecule has 1 nitrogen and oxygen atoms in total. The molecule has 13 heavy (non-hydrogen) atoms. The highest BCUT2D eigenvalue weighted by Gasteiger charge is 2.47. The second-order valence-electron chi connectivity index (χ2n) is 4.29. The highest BCUT2D eigenvalue weighted by atomic mass is 16.2. The Morgan fingerprint density at radius 3 is 2.23 bits per heavy atom. The van der Waals surface area contributed by atoms with Gasteiger partial charge in [-0.15, -0.1) is 11.8 Å². The Morgan fingerprint density at radius 1 is 1.08 bits per heavy atom. The van der Waals surface area contributed by atoms with Crippen molar-refractivity contribution in [1.82, 2.24) is 0 Å². The van der Waals surface area contributed by atoms with Gasteiger partial charge < -0.3 is 5.11 Å². The average Bonchev–Trinajstić information content (AvgIpc) is 2.72. The molecule has 2 aliphatic carbocycles. The highest BCUT2D eigenvalue weighted by Crippen LogP contribution is 2.54. The molecule has 72 valence electrons. The van der Waals surface area contributed by atoms with E-state index in [4.69, 9.17) is 5.11 Å². The molecule has 0 aliphatic heterocycles. The van der Waals surface area contributed by atoms with E-state index in [0.29, 0.717) is 6.61 Å². The van der Waals surface area contributed by atoms with Crippen molar-refractivity contribution in [3.8, 4) is 11.8 Å². The summed E-state index contributed by atoms with van der Waals surface area (Å²) in [5.74, 6) is 9.29. The third-order valence-corrected chi connectivity index (χ3v) is 3.53. The minimum absolute atomic E-state index is 0.367. The summed E-state index contributed by atoms with van der Waals surface area (Å²) in [5.41, 5.74) is 0. The van der Waals surface area contributed by atoms with Crippen LogP contribution in [0.1, 0.15) is 38.5 Å². The van der Waals surface area contributed by atoms with Crippen molar-refractivity contribution >= 4 is 0 Å². The zero-order valence-corrected chi connectivity index (χ0v) is 8.13. The van der Waals surface area contributed by atoms with Crippen LogP contribution in [0.25, 0.3) is 0 Å². The number of hydrogen-bond donors (Lipinski definition) is 1. The average molecular weight is 178 g/mol. The van der Waals surface area contributed by atoms with Crippen LogP contribution in [-0.2, 0) is 0 Å². The maximum Gasteiger partial charge on any atom is 0.0431 e. The molecule has 0 aromatic heterocycles. The van der Waals surface area contributed by atoms with Crippen molar-refractivity contribution in [2.24, 2.45) is 17.8 Å². The van der Waals surface area contributed by atoms with Crippen molar-refractivity contribution in [1.29, 1.82) is 0 Å². The van der Waals surface area contributed by atoms with Gasteiger partial charge in [-0.2, -0.15) is 0 Å². The fourth-order valence-electron chi connectivity index (χ4n) is 2.79. The molecule has 0 amide bonds. The van der Waals surface area contributed by atoms with Crippen molar-refractivity contribution in [3.63, 3.8) is 0 Å². The molecule has 2 rings (SSSR count). The van der Waals surface area contributed by atoms with Gasteiger partial charge in [0.05, 0.1) is 0 Å². The number of fused-ring (bicyclic) bond motifs is 1. The Balaban J connectivity index is 1.79. The first-order chi connectivity index (χ1) is 6.43. The summed E-state index contributed by atoms with van der Waals surface area (Å²) in [6.07, 6.45) is 7.08. The first-order valence-corrected chi connectivity index (χ1v) is 5.50. The SMILES string of the molecule is OCCCC1[C@H]2CCC#CCC[C@@H]12. The van der Waals surface area contributed by atoms with Crippen LogP contribution < -0.4 is 0 Å². The van der Waals surface area contributed by atoms with Gasteiger partial charge in [0.15, 0.2) is 0 Å². The van der Waals surface area contributed by atoms with Crippen molar-refractivity contribution in [3.05, 3.63) is 0 Å². The van der Waals surface area contributed by atoms with Crippen molar-refractivity contribution in [2.75, 3.05) is 6.61 Å². The molecule has 0 heterocycles. The Kier molecular flexibility index (Phi) is 2.90. The zero-order valence-electron chi connectivity index (χ0n) is 8.13. The monoisotopic (exact) mass is 178 g/mol. The van der Waals surface area contributed by atoms with Crippen LogP contribution in [0.15, 0.2) is 0 Å². The Morgan fingerprint density at radius 2 is 1.69 bits per heavy atom. The predicted molar refractivity (Wildman–Crippen MR) is 53.0 cm³/mol. The molecule has 0 radical (unpaired) electrons. The van der Waals surface area contributed by atoms with Crippen LogP contribution in [0.5, 0.6) is 0 Å². The largest absolute Gasteiger partial charge is 0.396 e. The van der Waals surface area contributed by atoms with Gasteiger partial charge in [-0.1, -0.05) is 0 Å². The highest BCUT2D eigenvalue weighted by molar-refractivity contribution is 5.07. The molecule has 1 N–H and O–H groups in total. The summed E-state index contributed by atoms with van der Waals surface area (Å²) in [6, 6.07) is 0. The Bertz CT molecular complexity index is 205. The Labute approximate surface area is 80.5 Å². The molecule has 0 aromatic rings. The van der Waals surface area contributed by atoms with Gasteiger partial charge in [0.1, 0.15) is 0 Å². The summed E-state index contributed by atoms with van der Waals surface area (Å²) >= 11 is 0. The van der Waals surface area contributed by atoms with E-state index >= 15 is 0 Å². The van der Waals surface area contributed by atoms with Gasteiger partial charge in [-0.05, 0) is 43.4 Å². The maximum absolute atomic E-state index is 8.76. The Hall–Kier alpha value is -0.480. The fourth-order valence-corrected chi connectivity index (χ4v) is 2.79. The number of rotatable bonds is 3. The lowest BCUT2D eigenvalue weighted by Gasteiger charge is -1.96. The molecule has 1 heteroatoms.